The summed E-state index contributed by atoms with van der Waals surface area (Å²) in [6, 6.07) is 29.2. The molecule has 1 aliphatic rings. The molecule has 1 aliphatic heterocycles. The number of carbonyl (C=O) groups is 1. The second-order valence-electron chi connectivity index (χ2n) is 8.43. The van der Waals surface area contributed by atoms with Crippen molar-refractivity contribution in [2.24, 2.45) is 0 Å². The van der Waals surface area contributed by atoms with Crippen LogP contribution in [0.25, 0.3) is 0 Å². The van der Waals surface area contributed by atoms with Crippen molar-refractivity contribution in [2.75, 3.05) is 5.32 Å². The highest BCUT2D eigenvalue weighted by molar-refractivity contribution is 5.70. The van der Waals surface area contributed by atoms with Gasteiger partial charge < -0.3 is 19.8 Å². The van der Waals surface area contributed by atoms with Crippen molar-refractivity contribution in [3.05, 3.63) is 125 Å². The van der Waals surface area contributed by atoms with Gasteiger partial charge in [-0.15, -0.1) is 0 Å². The summed E-state index contributed by atoms with van der Waals surface area (Å²) in [4.78, 5) is 12.7. The van der Waals surface area contributed by atoms with Crippen LogP contribution >= 0.6 is 0 Å². The lowest BCUT2D eigenvalue weighted by molar-refractivity contribution is 0.134. The lowest BCUT2D eigenvalue weighted by atomic mass is 9.89. The van der Waals surface area contributed by atoms with Crippen LogP contribution in [0, 0.1) is 11.8 Å². The number of benzene rings is 3. The summed E-state index contributed by atoms with van der Waals surface area (Å²) in [7, 11) is 0. The number of anilines is 1. The van der Waals surface area contributed by atoms with Gasteiger partial charge in [-0.1, -0.05) is 78.6 Å². The van der Waals surface area contributed by atoms with Crippen LogP contribution in [0.1, 0.15) is 46.5 Å². The Hall–Kier alpha value is -4.43. The van der Waals surface area contributed by atoms with Gasteiger partial charge >= 0.3 is 6.09 Å². The van der Waals surface area contributed by atoms with Gasteiger partial charge in [-0.25, -0.2) is 4.79 Å². The molecule has 0 spiro atoms. The van der Waals surface area contributed by atoms with Crippen molar-refractivity contribution < 1.29 is 13.9 Å². The summed E-state index contributed by atoms with van der Waals surface area (Å²) in [5.41, 5.74) is 5.01. The molecular weight excluding hydrogens is 436 g/mol. The molecule has 5 heteroatoms. The molecule has 0 fully saturated rings. The summed E-state index contributed by atoms with van der Waals surface area (Å²) < 4.78 is 11.2. The van der Waals surface area contributed by atoms with Gasteiger partial charge in [-0.05, 0) is 47.4 Å². The third-order valence-corrected chi connectivity index (χ3v) is 6.03. The predicted octanol–water partition coefficient (Wildman–Crippen LogP) is 6.40. The van der Waals surface area contributed by atoms with E-state index in [4.69, 9.17) is 9.15 Å². The molecule has 0 aliphatic carbocycles. The van der Waals surface area contributed by atoms with Crippen LogP contribution in [0.15, 0.2) is 102 Å². The molecule has 5 rings (SSSR count). The molecule has 0 unspecified atom stereocenters. The Morgan fingerprint density at radius 2 is 1.77 bits per heavy atom. The molecular formula is C30H26N2O3. The van der Waals surface area contributed by atoms with E-state index in [-0.39, 0.29) is 18.7 Å². The number of alkyl carbamates (subject to hydrolysis) is 1. The Morgan fingerprint density at radius 3 is 2.54 bits per heavy atom. The SMILES string of the molecule is O=C(N[C@H]1C[C@@H](c2ccco2)Nc2c(CC#Cc3ccccc3)cccc21)OCc1ccccc1. The van der Waals surface area contributed by atoms with Gasteiger partial charge in [0, 0.05) is 17.7 Å². The van der Waals surface area contributed by atoms with Gasteiger partial charge in [0.1, 0.15) is 12.4 Å². The van der Waals surface area contributed by atoms with Gasteiger partial charge in [0.15, 0.2) is 0 Å². The topological polar surface area (TPSA) is 63.5 Å². The van der Waals surface area contributed by atoms with Crippen molar-refractivity contribution in [3.8, 4) is 11.8 Å². The fourth-order valence-corrected chi connectivity index (χ4v) is 4.31. The van der Waals surface area contributed by atoms with Gasteiger partial charge in [0.25, 0.3) is 0 Å². The predicted molar refractivity (Wildman–Crippen MR) is 136 cm³/mol. The summed E-state index contributed by atoms with van der Waals surface area (Å²) in [6.45, 7) is 0.223. The lowest BCUT2D eigenvalue weighted by Gasteiger charge is -2.33. The number of furan rings is 1. The maximum absolute atomic E-state index is 12.7. The molecule has 2 N–H and O–H groups in total. The minimum absolute atomic E-state index is 0.0832. The van der Waals surface area contributed by atoms with E-state index < -0.39 is 6.09 Å². The van der Waals surface area contributed by atoms with Crippen LogP contribution in [0.2, 0.25) is 0 Å². The number of rotatable bonds is 5. The summed E-state index contributed by atoms with van der Waals surface area (Å²) in [6.07, 6.45) is 2.45. The van der Waals surface area contributed by atoms with Crippen LogP contribution in [0.5, 0.6) is 0 Å². The van der Waals surface area contributed by atoms with Crippen LogP contribution in [0.4, 0.5) is 10.5 Å². The van der Waals surface area contributed by atoms with E-state index in [2.05, 4.69) is 28.5 Å². The number of ether oxygens (including phenoxy) is 1. The quantitative estimate of drug-likeness (QED) is 0.337. The van der Waals surface area contributed by atoms with Crippen molar-refractivity contribution >= 4 is 11.8 Å². The third-order valence-electron chi connectivity index (χ3n) is 6.03. The van der Waals surface area contributed by atoms with E-state index >= 15 is 0 Å². The van der Waals surface area contributed by atoms with Crippen molar-refractivity contribution in [1.82, 2.24) is 5.32 Å². The van der Waals surface area contributed by atoms with Gasteiger partial charge in [0.05, 0.1) is 18.3 Å². The molecule has 1 amide bonds. The number of para-hydroxylation sites is 1. The minimum atomic E-state index is -0.445. The fraction of sp³-hybridized carbons (Fsp3) is 0.167. The highest BCUT2D eigenvalue weighted by Gasteiger charge is 2.31. The highest BCUT2D eigenvalue weighted by atomic mass is 16.5. The molecule has 174 valence electrons. The Morgan fingerprint density at radius 1 is 0.971 bits per heavy atom. The number of hydrogen-bond acceptors (Lipinski definition) is 4. The van der Waals surface area contributed by atoms with Crippen molar-refractivity contribution in [2.45, 2.75) is 31.5 Å². The lowest BCUT2D eigenvalue weighted by Crippen LogP contribution is -2.35. The molecule has 0 radical (unpaired) electrons. The van der Waals surface area contributed by atoms with Crippen LogP contribution < -0.4 is 10.6 Å². The smallest absolute Gasteiger partial charge is 0.407 e. The standard InChI is InChI=1S/C30H26N2O3/c33-30(35-21-23-12-5-2-6-13-23)32-26-20-27(28-18-9-19-34-28)31-29-24(16-8-17-25(26)29)15-7-14-22-10-3-1-4-11-22/h1-6,8-13,16-19,26-27,31H,15,20-21H2,(H,32,33)/t26-,27-/m0/s1. The zero-order chi connectivity index (χ0) is 23.9. The summed E-state index contributed by atoms with van der Waals surface area (Å²) >= 11 is 0. The average molecular weight is 463 g/mol. The molecule has 3 aromatic carbocycles. The van der Waals surface area contributed by atoms with Gasteiger partial charge in [-0.3, -0.25) is 0 Å². The maximum Gasteiger partial charge on any atom is 0.407 e. The first-order chi connectivity index (χ1) is 17.3. The Labute approximate surface area is 205 Å². The number of nitrogens with one attached hydrogen (secondary N) is 2. The molecule has 2 heterocycles. The first kappa shape index (κ1) is 22.4. The zero-order valence-electron chi connectivity index (χ0n) is 19.2. The second kappa shape index (κ2) is 10.7. The van der Waals surface area contributed by atoms with Crippen LogP contribution in [-0.2, 0) is 17.8 Å². The molecule has 4 aromatic rings. The third kappa shape index (κ3) is 5.56. The maximum atomic E-state index is 12.7. The monoisotopic (exact) mass is 462 g/mol. The average Bonchev–Trinajstić information content (AvgIpc) is 3.44. The molecule has 1 aromatic heterocycles. The van der Waals surface area contributed by atoms with E-state index in [1.165, 1.54) is 0 Å². The zero-order valence-corrected chi connectivity index (χ0v) is 19.2. The number of amides is 1. The van der Waals surface area contributed by atoms with E-state index in [0.717, 1.165) is 33.7 Å². The number of carbonyl (C=O) groups excluding carboxylic acids is 1. The Kier molecular flexibility index (Phi) is 6.82. The highest BCUT2D eigenvalue weighted by Crippen LogP contribution is 2.41. The molecule has 2 atom stereocenters. The molecule has 35 heavy (non-hydrogen) atoms. The first-order valence-corrected chi connectivity index (χ1v) is 11.7. The van der Waals surface area contributed by atoms with E-state index in [9.17, 15) is 4.79 Å². The fourth-order valence-electron chi connectivity index (χ4n) is 4.31. The molecule has 0 bridgehead atoms. The van der Waals surface area contributed by atoms with E-state index in [1.54, 1.807) is 6.26 Å². The van der Waals surface area contributed by atoms with Crippen LogP contribution in [0.3, 0.4) is 0 Å². The normalized spacial score (nSPS) is 16.2. The van der Waals surface area contributed by atoms with Gasteiger partial charge in [-0.2, -0.15) is 0 Å². The largest absolute Gasteiger partial charge is 0.467 e. The minimum Gasteiger partial charge on any atom is -0.467 e. The van der Waals surface area contributed by atoms with Crippen molar-refractivity contribution in [1.29, 1.82) is 0 Å². The first-order valence-electron chi connectivity index (χ1n) is 11.7. The Bertz CT molecular complexity index is 1320. The van der Waals surface area contributed by atoms with E-state index in [1.807, 2.05) is 84.9 Å². The molecule has 0 saturated carbocycles. The van der Waals surface area contributed by atoms with Gasteiger partial charge in [0.2, 0.25) is 0 Å². The number of fused-ring (bicyclic) bond motifs is 1. The number of hydrogen-bond donors (Lipinski definition) is 2. The molecule has 0 saturated heterocycles. The summed E-state index contributed by atoms with van der Waals surface area (Å²) in [5, 5.41) is 6.69. The van der Waals surface area contributed by atoms with Crippen molar-refractivity contribution in [3.63, 3.8) is 0 Å². The summed E-state index contributed by atoms with van der Waals surface area (Å²) in [5.74, 6) is 7.34. The Balaban J connectivity index is 1.37. The molecule has 5 nitrogen and oxygen atoms in total. The second-order valence-corrected chi connectivity index (χ2v) is 8.43. The van der Waals surface area contributed by atoms with E-state index in [0.29, 0.717) is 12.8 Å². The van der Waals surface area contributed by atoms with Crippen LogP contribution in [-0.4, -0.2) is 6.09 Å².